The Morgan fingerprint density at radius 2 is 1.47 bits per heavy atom. The van der Waals surface area contributed by atoms with Gasteiger partial charge >= 0.3 is 0 Å². The molecular weight excluding hydrogens is 413 g/mol. The zero-order valence-electron chi connectivity index (χ0n) is 18.0. The summed E-state index contributed by atoms with van der Waals surface area (Å²) in [5.41, 5.74) is 0.896. The van der Waals surface area contributed by atoms with Crippen LogP contribution >= 0.6 is 0 Å². The molecule has 4 rings (SSSR count). The first-order valence-corrected chi connectivity index (χ1v) is 10.6. The van der Waals surface area contributed by atoms with Gasteiger partial charge in [0.05, 0.1) is 16.7 Å². The highest BCUT2D eigenvalue weighted by atomic mass is 19.1. The zero-order chi connectivity index (χ0) is 23.0. The molecule has 2 aromatic carbocycles. The van der Waals surface area contributed by atoms with Crippen molar-refractivity contribution in [3.05, 3.63) is 70.5 Å². The van der Waals surface area contributed by atoms with E-state index in [2.05, 4.69) is 0 Å². The van der Waals surface area contributed by atoms with Crippen LogP contribution in [-0.2, 0) is 0 Å². The van der Waals surface area contributed by atoms with Crippen LogP contribution in [0.1, 0.15) is 55.3 Å². The highest BCUT2D eigenvalue weighted by Crippen LogP contribution is 2.25. The second-order valence-corrected chi connectivity index (χ2v) is 8.44. The van der Waals surface area contributed by atoms with Gasteiger partial charge in [-0.3, -0.25) is 24.1 Å². The number of fused-ring (bicyclic) bond motifs is 1. The van der Waals surface area contributed by atoms with Gasteiger partial charge in [0.25, 0.3) is 23.6 Å². The lowest BCUT2D eigenvalue weighted by Gasteiger charge is -2.35. The molecule has 2 aliphatic heterocycles. The predicted octanol–water partition coefficient (Wildman–Crippen LogP) is 2.68. The molecule has 0 radical (unpaired) electrons. The molecule has 0 unspecified atom stereocenters. The van der Waals surface area contributed by atoms with Crippen molar-refractivity contribution in [1.82, 2.24) is 14.7 Å². The molecule has 2 aliphatic rings. The van der Waals surface area contributed by atoms with Crippen molar-refractivity contribution in [2.45, 2.75) is 13.8 Å². The Kier molecular flexibility index (Phi) is 5.78. The first-order valence-electron chi connectivity index (χ1n) is 10.6. The number of benzene rings is 2. The minimum Gasteiger partial charge on any atom is -0.335 e. The number of carbonyl (C=O) groups is 4. The van der Waals surface area contributed by atoms with Crippen LogP contribution in [0.4, 0.5) is 4.39 Å². The number of hydrogen-bond donors (Lipinski definition) is 0. The molecule has 0 N–H and O–H groups in total. The summed E-state index contributed by atoms with van der Waals surface area (Å²) in [5.74, 6) is -1.82. The van der Waals surface area contributed by atoms with E-state index in [4.69, 9.17) is 0 Å². The van der Waals surface area contributed by atoms with Gasteiger partial charge in [-0.1, -0.05) is 26.0 Å². The van der Waals surface area contributed by atoms with Gasteiger partial charge in [0.15, 0.2) is 0 Å². The normalized spacial score (nSPS) is 16.1. The summed E-state index contributed by atoms with van der Waals surface area (Å²) in [6.07, 6.45) is 0. The summed E-state index contributed by atoms with van der Waals surface area (Å²) in [7, 11) is 0. The predicted molar refractivity (Wildman–Crippen MR) is 115 cm³/mol. The Morgan fingerprint density at radius 3 is 2.09 bits per heavy atom. The Labute approximate surface area is 185 Å². The number of rotatable bonds is 4. The molecule has 0 aliphatic carbocycles. The number of imide groups is 1. The maximum atomic E-state index is 13.9. The van der Waals surface area contributed by atoms with Gasteiger partial charge in [-0.2, -0.15) is 0 Å². The minimum atomic E-state index is -0.570. The first-order chi connectivity index (χ1) is 15.3. The molecule has 166 valence electrons. The lowest BCUT2D eigenvalue weighted by atomic mass is 10.0. The van der Waals surface area contributed by atoms with Crippen LogP contribution in [0.15, 0.2) is 42.5 Å². The van der Waals surface area contributed by atoms with Crippen molar-refractivity contribution in [2.75, 3.05) is 32.7 Å². The first kappa shape index (κ1) is 21.7. The van der Waals surface area contributed by atoms with Crippen LogP contribution in [-0.4, -0.2) is 71.1 Å². The van der Waals surface area contributed by atoms with E-state index in [0.29, 0.717) is 30.8 Å². The van der Waals surface area contributed by atoms with Crippen LogP contribution in [0.2, 0.25) is 0 Å². The Morgan fingerprint density at radius 1 is 0.875 bits per heavy atom. The van der Waals surface area contributed by atoms with Gasteiger partial charge in [0.2, 0.25) is 0 Å². The Bertz CT molecular complexity index is 1110. The summed E-state index contributed by atoms with van der Waals surface area (Å²) in [5, 5.41) is 0. The second-order valence-electron chi connectivity index (χ2n) is 8.44. The summed E-state index contributed by atoms with van der Waals surface area (Å²) in [4.78, 5) is 55.1. The van der Waals surface area contributed by atoms with E-state index in [9.17, 15) is 23.6 Å². The molecular formula is C24H24FN3O4. The van der Waals surface area contributed by atoms with Gasteiger partial charge in [0.1, 0.15) is 5.82 Å². The molecule has 0 aromatic heterocycles. The van der Waals surface area contributed by atoms with E-state index >= 15 is 0 Å². The molecule has 2 heterocycles. The molecule has 8 heteroatoms. The standard InChI is InChI=1S/C24H24FN3O4/c1-15(2)14-28-23(31)17-8-7-16(13-19(17)24(28)32)21(29)26-9-11-27(12-10-26)22(30)18-5-3-4-6-20(18)25/h3-8,13,15H,9-12,14H2,1-2H3. The lowest BCUT2D eigenvalue weighted by molar-refractivity contribution is 0.0532. The van der Waals surface area contributed by atoms with Gasteiger partial charge in [-0.15, -0.1) is 0 Å². The molecule has 7 nitrogen and oxygen atoms in total. The van der Waals surface area contributed by atoms with Crippen LogP contribution in [0.5, 0.6) is 0 Å². The van der Waals surface area contributed by atoms with Crippen molar-refractivity contribution < 1.29 is 23.6 Å². The van der Waals surface area contributed by atoms with E-state index < -0.39 is 11.7 Å². The topological polar surface area (TPSA) is 78.0 Å². The van der Waals surface area contributed by atoms with Crippen LogP contribution in [0, 0.1) is 11.7 Å². The largest absolute Gasteiger partial charge is 0.335 e. The quantitative estimate of drug-likeness (QED) is 0.689. The summed E-state index contributed by atoms with van der Waals surface area (Å²) >= 11 is 0. The van der Waals surface area contributed by atoms with Crippen molar-refractivity contribution in [3.63, 3.8) is 0 Å². The monoisotopic (exact) mass is 437 g/mol. The average molecular weight is 437 g/mol. The molecule has 32 heavy (non-hydrogen) atoms. The third-order valence-corrected chi connectivity index (χ3v) is 5.72. The van der Waals surface area contributed by atoms with Crippen molar-refractivity contribution in [1.29, 1.82) is 0 Å². The van der Waals surface area contributed by atoms with Crippen molar-refractivity contribution in [3.8, 4) is 0 Å². The van der Waals surface area contributed by atoms with Gasteiger partial charge < -0.3 is 9.80 Å². The average Bonchev–Trinajstić information content (AvgIpc) is 3.02. The van der Waals surface area contributed by atoms with Crippen LogP contribution < -0.4 is 0 Å². The number of amides is 4. The Hall–Kier alpha value is -3.55. The summed E-state index contributed by atoms with van der Waals surface area (Å²) in [6.45, 7) is 5.33. The van der Waals surface area contributed by atoms with E-state index in [-0.39, 0.29) is 47.9 Å². The number of nitrogens with zero attached hydrogens (tertiary/aromatic N) is 3. The molecule has 0 bridgehead atoms. The van der Waals surface area contributed by atoms with Crippen LogP contribution in [0.25, 0.3) is 0 Å². The van der Waals surface area contributed by atoms with Crippen molar-refractivity contribution >= 4 is 23.6 Å². The van der Waals surface area contributed by atoms with Crippen LogP contribution in [0.3, 0.4) is 0 Å². The highest BCUT2D eigenvalue weighted by Gasteiger charge is 2.36. The maximum Gasteiger partial charge on any atom is 0.261 e. The molecule has 0 saturated carbocycles. The van der Waals surface area contributed by atoms with E-state index in [1.165, 1.54) is 40.1 Å². The third-order valence-electron chi connectivity index (χ3n) is 5.72. The van der Waals surface area contributed by atoms with Gasteiger partial charge in [-0.25, -0.2) is 4.39 Å². The fourth-order valence-electron chi connectivity index (χ4n) is 4.05. The molecule has 4 amide bonds. The molecule has 1 fully saturated rings. The molecule has 1 saturated heterocycles. The molecule has 0 spiro atoms. The fourth-order valence-corrected chi connectivity index (χ4v) is 4.05. The van der Waals surface area contributed by atoms with E-state index in [1.807, 2.05) is 13.8 Å². The number of piperazine rings is 1. The third kappa shape index (κ3) is 3.88. The van der Waals surface area contributed by atoms with Gasteiger partial charge in [0, 0.05) is 38.3 Å². The molecule has 0 atom stereocenters. The highest BCUT2D eigenvalue weighted by molar-refractivity contribution is 6.22. The number of hydrogen-bond acceptors (Lipinski definition) is 4. The lowest BCUT2D eigenvalue weighted by Crippen LogP contribution is -2.50. The van der Waals surface area contributed by atoms with Crippen molar-refractivity contribution in [2.24, 2.45) is 5.92 Å². The smallest absolute Gasteiger partial charge is 0.261 e. The second kappa shape index (κ2) is 8.53. The minimum absolute atomic E-state index is 0.0139. The zero-order valence-corrected chi connectivity index (χ0v) is 18.0. The number of carbonyl (C=O) groups excluding carboxylic acids is 4. The van der Waals surface area contributed by atoms with E-state index in [1.54, 1.807) is 17.0 Å². The maximum absolute atomic E-state index is 13.9. The SMILES string of the molecule is CC(C)CN1C(=O)c2ccc(C(=O)N3CCN(C(=O)c4ccccc4F)CC3)cc2C1=O. The Balaban J connectivity index is 1.44. The van der Waals surface area contributed by atoms with E-state index in [0.717, 1.165) is 0 Å². The summed E-state index contributed by atoms with van der Waals surface area (Å²) < 4.78 is 13.9. The fraction of sp³-hybridized carbons (Fsp3) is 0.333. The van der Waals surface area contributed by atoms with Gasteiger partial charge in [-0.05, 0) is 36.2 Å². The summed E-state index contributed by atoms with van der Waals surface area (Å²) in [6, 6.07) is 10.4. The molecule has 2 aromatic rings. The number of halogens is 1.